The molecule has 5 heteroatoms. The second-order valence-corrected chi connectivity index (χ2v) is 7.08. The van der Waals surface area contributed by atoms with Crippen LogP contribution in [0.25, 0.3) is 6.08 Å². The maximum atomic E-state index is 12.8. The van der Waals surface area contributed by atoms with Gasteiger partial charge in [-0.2, -0.15) is 0 Å². The summed E-state index contributed by atoms with van der Waals surface area (Å²) in [5.41, 5.74) is 2.15. The summed E-state index contributed by atoms with van der Waals surface area (Å²) >= 11 is 0. The summed E-state index contributed by atoms with van der Waals surface area (Å²) in [5, 5.41) is 0. The Morgan fingerprint density at radius 3 is 2.81 bits per heavy atom. The van der Waals surface area contributed by atoms with Crippen LogP contribution in [0.2, 0.25) is 0 Å². The largest absolute Gasteiger partial charge is 0.452 e. The number of carbonyl (C=O) groups excluding carboxylic acids is 2. The highest BCUT2D eigenvalue weighted by molar-refractivity contribution is 6.15. The van der Waals surface area contributed by atoms with E-state index in [4.69, 9.17) is 9.47 Å². The van der Waals surface area contributed by atoms with Crippen molar-refractivity contribution in [1.82, 2.24) is 4.98 Å². The zero-order valence-corrected chi connectivity index (χ0v) is 14.7. The van der Waals surface area contributed by atoms with Crippen molar-refractivity contribution in [2.45, 2.75) is 32.6 Å². The van der Waals surface area contributed by atoms with Crippen LogP contribution in [0.4, 0.5) is 0 Å². The number of pyridine rings is 1. The van der Waals surface area contributed by atoms with Crippen LogP contribution in [0.15, 0.2) is 42.4 Å². The van der Waals surface area contributed by atoms with Crippen LogP contribution in [0.1, 0.15) is 54.1 Å². The zero-order chi connectivity index (χ0) is 18.3. The van der Waals surface area contributed by atoms with Crippen LogP contribution in [0.3, 0.4) is 0 Å². The molecule has 1 unspecified atom stereocenters. The van der Waals surface area contributed by atoms with E-state index >= 15 is 0 Å². The minimum absolute atomic E-state index is 0.00765. The van der Waals surface area contributed by atoms with Crippen LogP contribution in [-0.2, 0) is 4.79 Å². The number of nitrogens with zero attached hydrogens (tertiary/aromatic N) is 1. The first-order valence-corrected chi connectivity index (χ1v) is 8.74. The lowest BCUT2D eigenvalue weighted by molar-refractivity contribution is -0.136. The first kappa shape index (κ1) is 16.5. The molecule has 1 aromatic heterocycles. The van der Waals surface area contributed by atoms with Gasteiger partial charge in [0.1, 0.15) is 11.5 Å². The van der Waals surface area contributed by atoms with Crippen LogP contribution in [-0.4, -0.2) is 16.7 Å². The average molecular weight is 349 g/mol. The third-order valence-electron chi connectivity index (χ3n) is 4.62. The Morgan fingerprint density at radius 2 is 2.08 bits per heavy atom. The van der Waals surface area contributed by atoms with Crippen molar-refractivity contribution < 1.29 is 19.1 Å². The van der Waals surface area contributed by atoms with Gasteiger partial charge in [0, 0.05) is 23.9 Å². The molecule has 2 aliphatic heterocycles. The lowest BCUT2D eigenvalue weighted by Gasteiger charge is -2.27. The first-order valence-electron chi connectivity index (χ1n) is 8.74. The minimum atomic E-state index is -0.237. The Hall–Kier alpha value is -2.95. The Labute approximate surface area is 151 Å². The van der Waals surface area contributed by atoms with Crippen LogP contribution < -0.4 is 9.47 Å². The highest BCUT2D eigenvalue weighted by Crippen LogP contribution is 2.48. The van der Waals surface area contributed by atoms with Crippen LogP contribution >= 0.6 is 0 Å². The van der Waals surface area contributed by atoms with Crippen molar-refractivity contribution in [3.63, 3.8) is 0 Å². The smallest absolute Gasteiger partial charge is 0.311 e. The summed E-state index contributed by atoms with van der Waals surface area (Å²) < 4.78 is 11.4. The minimum Gasteiger partial charge on any atom is -0.452 e. The second-order valence-electron chi connectivity index (χ2n) is 7.08. The van der Waals surface area contributed by atoms with Crippen LogP contribution in [0, 0.1) is 5.92 Å². The van der Waals surface area contributed by atoms with Gasteiger partial charge < -0.3 is 9.47 Å². The first-order chi connectivity index (χ1) is 12.5. The Kier molecular flexibility index (Phi) is 4.07. The molecule has 0 amide bonds. The molecule has 0 spiro atoms. The third-order valence-corrected chi connectivity index (χ3v) is 4.62. The number of fused-ring (bicyclic) bond motifs is 3. The van der Waals surface area contributed by atoms with E-state index in [-0.39, 0.29) is 23.4 Å². The summed E-state index contributed by atoms with van der Waals surface area (Å²) in [7, 11) is 0. The Bertz CT molecular complexity index is 915. The molecule has 132 valence electrons. The van der Waals surface area contributed by atoms with E-state index in [1.807, 2.05) is 6.07 Å². The number of aromatic nitrogens is 1. The Morgan fingerprint density at radius 1 is 1.23 bits per heavy atom. The second kappa shape index (κ2) is 6.41. The van der Waals surface area contributed by atoms with E-state index < -0.39 is 0 Å². The lowest BCUT2D eigenvalue weighted by Crippen LogP contribution is -2.21. The molecule has 0 fully saturated rings. The summed E-state index contributed by atoms with van der Waals surface area (Å²) in [6.45, 7) is 4.23. The maximum Gasteiger partial charge on any atom is 0.311 e. The number of allylic oxidation sites excluding steroid dienone is 1. The van der Waals surface area contributed by atoms with Crippen molar-refractivity contribution in [2.75, 3.05) is 0 Å². The van der Waals surface area contributed by atoms with Gasteiger partial charge >= 0.3 is 5.97 Å². The van der Waals surface area contributed by atoms with Gasteiger partial charge in [0.15, 0.2) is 5.76 Å². The fraction of sp³-hybridized carbons (Fsp3) is 0.286. The molecule has 1 atom stereocenters. The van der Waals surface area contributed by atoms with E-state index in [2.05, 4.69) is 18.8 Å². The highest BCUT2D eigenvalue weighted by atomic mass is 16.5. The number of rotatable bonds is 3. The average Bonchev–Trinajstić information content (AvgIpc) is 2.91. The molecule has 2 aliphatic rings. The fourth-order valence-electron chi connectivity index (χ4n) is 3.58. The van der Waals surface area contributed by atoms with Gasteiger partial charge in [-0.3, -0.25) is 14.6 Å². The van der Waals surface area contributed by atoms with Crippen molar-refractivity contribution in [2.24, 2.45) is 5.92 Å². The van der Waals surface area contributed by atoms with Crippen molar-refractivity contribution >= 4 is 17.8 Å². The van der Waals surface area contributed by atoms with Crippen molar-refractivity contribution in [1.29, 1.82) is 0 Å². The number of hydrogen-bond donors (Lipinski definition) is 0. The van der Waals surface area contributed by atoms with Crippen molar-refractivity contribution in [3.05, 3.63) is 59.1 Å². The van der Waals surface area contributed by atoms with Gasteiger partial charge in [0.25, 0.3) is 0 Å². The summed E-state index contributed by atoms with van der Waals surface area (Å²) in [5.74, 6) is 1.30. The molecule has 5 nitrogen and oxygen atoms in total. The highest BCUT2D eigenvalue weighted by Gasteiger charge is 2.37. The molecule has 1 aromatic carbocycles. The van der Waals surface area contributed by atoms with Gasteiger partial charge in [-0.15, -0.1) is 0 Å². The zero-order valence-electron chi connectivity index (χ0n) is 14.7. The number of ether oxygens (including phenoxy) is 2. The van der Waals surface area contributed by atoms with E-state index in [9.17, 15) is 9.59 Å². The van der Waals surface area contributed by atoms with Gasteiger partial charge in [-0.1, -0.05) is 19.9 Å². The van der Waals surface area contributed by atoms with E-state index in [1.165, 1.54) is 0 Å². The number of benzene rings is 1. The number of carbonyl (C=O) groups is 2. The van der Waals surface area contributed by atoms with E-state index in [1.54, 1.807) is 36.7 Å². The SMILES string of the molecule is CC(C)CC1CC(=O)Oc2ccc3c(c21)OC(=Cc1cccnc1)C3=O. The molecule has 0 aliphatic carbocycles. The third kappa shape index (κ3) is 2.90. The van der Waals surface area contributed by atoms with E-state index in [0.717, 1.165) is 17.5 Å². The summed E-state index contributed by atoms with van der Waals surface area (Å²) in [6.07, 6.45) is 6.17. The normalized spacial score (nSPS) is 20.0. The molecule has 0 radical (unpaired) electrons. The van der Waals surface area contributed by atoms with Gasteiger partial charge in [0.05, 0.1) is 12.0 Å². The molecule has 2 aromatic rings. The van der Waals surface area contributed by atoms with Gasteiger partial charge in [-0.25, -0.2) is 0 Å². The molecule has 0 saturated carbocycles. The maximum absolute atomic E-state index is 12.8. The molecule has 26 heavy (non-hydrogen) atoms. The summed E-state index contributed by atoms with van der Waals surface area (Å²) in [4.78, 5) is 28.8. The van der Waals surface area contributed by atoms with Gasteiger partial charge in [-0.05, 0) is 42.2 Å². The number of hydrogen-bond acceptors (Lipinski definition) is 5. The van der Waals surface area contributed by atoms with Crippen molar-refractivity contribution in [3.8, 4) is 11.5 Å². The molecule has 4 rings (SSSR count). The topological polar surface area (TPSA) is 65.5 Å². The molecule has 0 bridgehead atoms. The standard InChI is InChI=1S/C21H19NO4/c1-12(2)8-14-10-18(23)25-16-6-5-15-20(24)17(26-21(15)19(14)16)9-13-4-3-7-22-11-13/h3-7,9,11-12,14H,8,10H2,1-2H3. The lowest BCUT2D eigenvalue weighted by atomic mass is 9.84. The number of ketones is 1. The van der Waals surface area contributed by atoms with Gasteiger partial charge in [0.2, 0.25) is 5.78 Å². The van der Waals surface area contributed by atoms with E-state index in [0.29, 0.717) is 29.4 Å². The Balaban J connectivity index is 1.77. The molecule has 0 saturated heterocycles. The summed E-state index contributed by atoms with van der Waals surface area (Å²) in [6, 6.07) is 7.04. The molecule has 3 heterocycles. The predicted molar refractivity (Wildman–Crippen MR) is 96.1 cm³/mol. The number of esters is 1. The predicted octanol–water partition coefficient (Wildman–Crippen LogP) is 4.14. The van der Waals surface area contributed by atoms with Crippen LogP contribution in [0.5, 0.6) is 11.5 Å². The molecule has 0 N–H and O–H groups in total. The molecular formula is C21H19NO4. The number of Topliss-reactive ketones (excluding diaryl/α,β-unsaturated/α-hetero) is 1. The quantitative estimate of drug-likeness (QED) is 0.473. The fourth-order valence-corrected chi connectivity index (χ4v) is 3.58. The monoisotopic (exact) mass is 349 g/mol. The molecular weight excluding hydrogens is 330 g/mol.